The van der Waals surface area contributed by atoms with Crippen LogP contribution in [-0.2, 0) is 4.79 Å². The van der Waals surface area contributed by atoms with Gasteiger partial charge in [-0.3, -0.25) is 9.59 Å². The fourth-order valence-corrected chi connectivity index (χ4v) is 2.11. The number of aliphatic carboxylic acids is 1. The third-order valence-corrected chi connectivity index (χ3v) is 2.64. The zero-order valence-electron chi connectivity index (χ0n) is 8.48. The Morgan fingerprint density at radius 2 is 2.40 bits per heavy atom. The number of nitrogens with one attached hydrogen (secondary N) is 1. The number of nitrogens with zero attached hydrogens (tertiary/aromatic N) is 1. The third kappa shape index (κ3) is 4.16. The first-order chi connectivity index (χ1) is 6.97. The monoisotopic (exact) mass is 228 g/mol. The molecule has 0 spiro atoms. The molecule has 1 aromatic rings. The van der Waals surface area contributed by atoms with Crippen LogP contribution in [0.1, 0.15) is 19.2 Å². The van der Waals surface area contributed by atoms with Crippen LogP contribution in [0.3, 0.4) is 0 Å². The molecule has 0 radical (unpaired) electrons. The third-order valence-electron chi connectivity index (χ3n) is 1.62. The van der Waals surface area contributed by atoms with E-state index in [2.05, 4.69) is 9.97 Å². The summed E-state index contributed by atoms with van der Waals surface area (Å²) in [6.07, 6.45) is 0.0538. The summed E-state index contributed by atoms with van der Waals surface area (Å²) < 4.78 is 0. The highest BCUT2D eigenvalue weighted by atomic mass is 32.2. The van der Waals surface area contributed by atoms with Crippen molar-refractivity contribution in [2.75, 3.05) is 0 Å². The van der Waals surface area contributed by atoms with Gasteiger partial charge in [0.05, 0.1) is 6.42 Å². The molecular weight excluding hydrogens is 216 g/mol. The summed E-state index contributed by atoms with van der Waals surface area (Å²) in [6, 6.07) is 1.37. The highest BCUT2D eigenvalue weighted by Gasteiger charge is 2.10. The standard InChI is InChI=1S/C9H12N2O3S/c1-5(3-9(13)14)15-8-4-7(12)10-6(2)11-8/h4-5H,3H2,1-2H3,(H,13,14)(H,10,11,12). The largest absolute Gasteiger partial charge is 0.481 e. The zero-order chi connectivity index (χ0) is 11.4. The smallest absolute Gasteiger partial charge is 0.304 e. The molecular formula is C9H12N2O3S. The quantitative estimate of drug-likeness (QED) is 0.594. The molecule has 82 valence electrons. The minimum atomic E-state index is -0.850. The highest BCUT2D eigenvalue weighted by molar-refractivity contribution is 7.99. The van der Waals surface area contributed by atoms with E-state index in [1.807, 2.05) is 0 Å². The van der Waals surface area contributed by atoms with Crippen LogP contribution in [0.25, 0.3) is 0 Å². The normalized spacial score (nSPS) is 12.4. The van der Waals surface area contributed by atoms with E-state index in [1.165, 1.54) is 17.8 Å². The van der Waals surface area contributed by atoms with Crippen LogP contribution < -0.4 is 5.56 Å². The van der Waals surface area contributed by atoms with Gasteiger partial charge in [-0.1, -0.05) is 6.92 Å². The van der Waals surface area contributed by atoms with Crippen LogP contribution in [-0.4, -0.2) is 26.3 Å². The van der Waals surface area contributed by atoms with E-state index >= 15 is 0 Å². The maximum Gasteiger partial charge on any atom is 0.304 e. The average Bonchev–Trinajstić information content (AvgIpc) is 1.98. The molecule has 0 aromatic carbocycles. The SMILES string of the molecule is Cc1nc(SC(C)CC(=O)O)cc(=O)[nH]1. The van der Waals surface area contributed by atoms with Gasteiger partial charge in [-0.15, -0.1) is 11.8 Å². The lowest BCUT2D eigenvalue weighted by Gasteiger charge is -2.07. The zero-order valence-corrected chi connectivity index (χ0v) is 9.30. The van der Waals surface area contributed by atoms with Gasteiger partial charge in [0.15, 0.2) is 0 Å². The molecule has 0 aliphatic heterocycles. The van der Waals surface area contributed by atoms with Crippen molar-refractivity contribution in [2.24, 2.45) is 0 Å². The van der Waals surface area contributed by atoms with E-state index in [4.69, 9.17) is 5.11 Å². The van der Waals surface area contributed by atoms with Gasteiger partial charge in [-0.05, 0) is 6.92 Å². The molecule has 0 amide bonds. The number of aryl methyl sites for hydroxylation is 1. The molecule has 1 atom stereocenters. The second kappa shape index (κ2) is 4.97. The summed E-state index contributed by atoms with van der Waals surface area (Å²) in [5.41, 5.74) is -0.215. The maximum absolute atomic E-state index is 11.1. The lowest BCUT2D eigenvalue weighted by Crippen LogP contribution is -2.10. The number of hydrogen-bond acceptors (Lipinski definition) is 4. The number of thioether (sulfide) groups is 1. The van der Waals surface area contributed by atoms with E-state index in [-0.39, 0.29) is 17.2 Å². The van der Waals surface area contributed by atoms with Crippen LogP contribution >= 0.6 is 11.8 Å². The van der Waals surface area contributed by atoms with Gasteiger partial charge in [0.2, 0.25) is 0 Å². The Kier molecular flexibility index (Phi) is 3.90. The lowest BCUT2D eigenvalue weighted by molar-refractivity contribution is -0.136. The molecule has 0 saturated carbocycles. The van der Waals surface area contributed by atoms with Gasteiger partial charge in [-0.25, -0.2) is 4.98 Å². The van der Waals surface area contributed by atoms with Crippen molar-refractivity contribution in [3.63, 3.8) is 0 Å². The van der Waals surface area contributed by atoms with Crippen molar-refractivity contribution >= 4 is 17.7 Å². The summed E-state index contributed by atoms with van der Waals surface area (Å²) in [5.74, 6) is -0.316. The van der Waals surface area contributed by atoms with Gasteiger partial charge in [0, 0.05) is 11.3 Å². The van der Waals surface area contributed by atoms with Crippen molar-refractivity contribution in [2.45, 2.75) is 30.5 Å². The Hall–Kier alpha value is -1.30. The highest BCUT2D eigenvalue weighted by Crippen LogP contribution is 2.21. The van der Waals surface area contributed by atoms with E-state index in [0.717, 1.165) is 0 Å². The van der Waals surface area contributed by atoms with Gasteiger partial charge in [0.25, 0.3) is 5.56 Å². The molecule has 5 nitrogen and oxygen atoms in total. The number of hydrogen-bond donors (Lipinski definition) is 2. The molecule has 0 fully saturated rings. The van der Waals surface area contributed by atoms with Crippen LogP contribution in [0.5, 0.6) is 0 Å². The molecule has 0 aliphatic rings. The molecule has 1 rings (SSSR count). The first-order valence-electron chi connectivity index (χ1n) is 4.44. The molecule has 0 aliphatic carbocycles. The van der Waals surface area contributed by atoms with E-state index in [9.17, 15) is 9.59 Å². The molecule has 15 heavy (non-hydrogen) atoms. The van der Waals surface area contributed by atoms with Gasteiger partial charge in [0.1, 0.15) is 10.9 Å². The van der Waals surface area contributed by atoms with Gasteiger partial charge < -0.3 is 10.1 Å². The summed E-state index contributed by atoms with van der Waals surface area (Å²) in [4.78, 5) is 28.1. The van der Waals surface area contributed by atoms with Crippen molar-refractivity contribution in [3.05, 3.63) is 22.2 Å². The number of aromatic amines is 1. The Bertz CT molecular complexity index is 416. The summed E-state index contributed by atoms with van der Waals surface area (Å²) >= 11 is 1.29. The van der Waals surface area contributed by atoms with Gasteiger partial charge >= 0.3 is 5.97 Å². The van der Waals surface area contributed by atoms with E-state index in [1.54, 1.807) is 13.8 Å². The van der Waals surface area contributed by atoms with E-state index in [0.29, 0.717) is 10.9 Å². The number of rotatable bonds is 4. The second-order valence-corrected chi connectivity index (χ2v) is 4.65. The topological polar surface area (TPSA) is 83.0 Å². The molecule has 0 bridgehead atoms. The Labute approximate surface area is 90.9 Å². The Morgan fingerprint density at radius 3 is 2.93 bits per heavy atom. The second-order valence-electron chi connectivity index (χ2n) is 3.20. The van der Waals surface area contributed by atoms with Crippen molar-refractivity contribution in [1.29, 1.82) is 0 Å². The maximum atomic E-state index is 11.1. The van der Waals surface area contributed by atoms with Crippen LogP contribution in [0, 0.1) is 6.92 Å². The number of H-pyrrole nitrogens is 1. The Balaban J connectivity index is 2.72. The minimum absolute atomic E-state index is 0.0538. The number of carboxylic acids is 1. The number of carbonyl (C=O) groups is 1. The van der Waals surface area contributed by atoms with Crippen molar-refractivity contribution in [3.8, 4) is 0 Å². The fourth-order valence-electron chi connectivity index (χ4n) is 1.11. The lowest BCUT2D eigenvalue weighted by atomic mass is 10.3. The van der Waals surface area contributed by atoms with Crippen molar-refractivity contribution < 1.29 is 9.90 Å². The molecule has 1 heterocycles. The predicted molar refractivity (Wildman–Crippen MR) is 57.2 cm³/mol. The van der Waals surface area contributed by atoms with Crippen molar-refractivity contribution in [1.82, 2.24) is 9.97 Å². The number of aromatic nitrogens is 2. The summed E-state index contributed by atoms with van der Waals surface area (Å²) in [6.45, 7) is 3.48. The average molecular weight is 228 g/mol. The minimum Gasteiger partial charge on any atom is -0.481 e. The molecule has 1 aromatic heterocycles. The van der Waals surface area contributed by atoms with Crippen LogP contribution in [0.15, 0.2) is 15.9 Å². The molecule has 2 N–H and O–H groups in total. The van der Waals surface area contributed by atoms with Crippen LogP contribution in [0.4, 0.5) is 0 Å². The fraction of sp³-hybridized carbons (Fsp3) is 0.444. The molecule has 1 unspecified atom stereocenters. The molecule has 6 heteroatoms. The molecule has 0 saturated heterocycles. The summed E-state index contributed by atoms with van der Waals surface area (Å²) in [7, 11) is 0. The van der Waals surface area contributed by atoms with Crippen LogP contribution in [0.2, 0.25) is 0 Å². The number of carboxylic acid groups (broad SMARTS) is 1. The van der Waals surface area contributed by atoms with Gasteiger partial charge in [-0.2, -0.15) is 0 Å². The summed E-state index contributed by atoms with van der Waals surface area (Å²) in [5, 5.41) is 9.03. The first kappa shape index (κ1) is 11.8. The van der Waals surface area contributed by atoms with E-state index < -0.39 is 5.97 Å². The predicted octanol–water partition coefficient (Wildman–Crippen LogP) is 1.03. The Morgan fingerprint density at radius 1 is 1.73 bits per heavy atom. The first-order valence-corrected chi connectivity index (χ1v) is 5.32.